The first-order valence-corrected chi connectivity index (χ1v) is 10.00. The summed E-state index contributed by atoms with van der Waals surface area (Å²) in [6.45, 7) is 9.84. The molecule has 0 spiro atoms. The molecule has 3 aliphatic rings. The number of hydrogen-bond acceptors (Lipinski definition) is 5. The van der Waals surface area contributed by atoms with Crippen molar-refractivity contribution in [2.45, 2.75) is 65.0 Å². The Bertz CT molecular complexity index is 564. The summed E-state index contributed by atoms with van der Waals surface area (Å²) < 4.78 is 17.8. The van der Waals surface area contributed by atoms with E-state index in [1.165, 1.54) is 31.2 Å². The van der Waals surface area contributed by atoms with Crippen LogP contribution in [0.25, 0.3) is 0 Å². The van der Waals surface area contributed by atoms with Crippen molar-refractivity contribution in [3.63, 3.8) is 0 Å². The van der Waals surface area contributed by atoms with Crippen LogP contribution in [0, 0.1) is 25.2 Å². The molecule has 3 fully saturated rings. The number of hydrogen-bond donors (Lipinski definition) is 0. The van der Waals surface area contributed by atoms with Gasteiger partial charge in [-0.25, -0.2) is 0 Å². The van der Waals surface area contributed by atoms with Crippen LogP contribution >= 0.6 is 0 Å². The average Bonchev–Trinajstić information content (AvgIpc) is 2.89. The molecule has 3 heterocycles. The first-order valence-electron chi connectivity index (χ1n) is 10.00. The largest absolute Gasteiger partial charge is 0.380 e. The van der Waals surface area contributed by atoms with Crippen LogP contribution < -0.4 is 0 Å². The maximum atomic E-state index is 6.23. The van der Waals surface area contributed by atoms with Crippen LogP contribution in [0.4, 0.5) is 0 Å². The molecule has 140 valence electrons. The molecule has 25 heavy (non-hydrogen) atoms. The topological polar surface area (TPSA) is 47.7 Å². The molecule has 1 aliphatic carbocycles. The second kappa shape index (κ2) is 7.37. The molecule has 0 N–H and O–H groups in total. The third-order valence-electron chi connectivity index (χ3n) is 6.60. The third kappa shape index (κ3) is 3.64. The van der Waals surface area contributed by atoms with E-state index in [0.717, 1.165) is 69.7 Å². The average molecular weight is 348 g/mol. The van der Waals surface area contributed by atoms with Gasteiger partial charge in [-0.05, 0) is 51.9 Å². The van der Waals surface area contributed by atoms with Gasteiger partial charge in [0.05, 0.1) is 18.4 Å². The quantitative estimate of drug-likeness (QED) is 0.788. The second-order valence-electron chi connectivity index (χ2n) is 8.44. The van der Waals surface area contributed by atoms with Gasteiger partial charge in [0.1, 0.15) is 5.76 Å². The Morgan fingerprint density at radius 2 is 2.12 bits per heavy atom. The summed E-state index contributed by atoms with van der Waals surface area (Å²) in [4.78, 5) is 2.56. The summed E-state index contributed by atoms with van der Waals surface area (Å²) in [5.74, 6) is 1.76. The van der Waals surface area contributed by atoms with E-state index in [-0.39, 0.29) is 5.41 Å². The van der Waals surface area contributed by atoms with Crippen LogP contribution in [0.5, 0.6) is 0 Å². The van der Waals surface area contributed by atoms with Gasteiger partial charge in [0.25, 0.3) is 0 Å². The molecule has 1 aromatic rings. The summed E-state index contributed by atoms with van der Waals surface area (Å²) in [6.07, 6.45) is 7.94. The second-order valence-corrected chi connectivity index (χ2v) is 8.44. The van der Waals surface area contributed by atoms with Crippen LogP contribution in [0.3, 0.4) is 0 Å². The number of ether oxygens (including phenoxy) is 2. The number of aryl methyl sites for hydroxylation is 2. The van der Waals surface area contributed by atoms with Gasteiger partial charge in [0.15, 0.2) is 0 Å². The Hall–Kier alpha value is -0.910. The molecule has 4 rings (SSSR count). The Morgan fingerprint density at radius 1 is 1.24 bits per heavy atom. The fraction of sp³-hybridized carbons (Fsp3) is 0.850. The summed E-state index contributed by atoms with van der Waals surface area (Å²) in [7, 11) is 0. The summed E-state index contributed by atoms with van der Waals surface area (Å²) in [5, 5.41) is 4.11. The van der Waals surface area contributed by atoms with E-state index in [4.69, 9.17) is 14.0 Å². The van der Waals surface area contributed by atoms with Crippen molar-refractivity contribution >= 4 is 0 Å². The third-order valence-corrected chi connectivity index (χ3v) is 6.60. The van der Waals surface area contributed by atoms with Crippen molar-refractivity contribution in [3.05, 3.63) is 17.0 Å². The zero-order chi connectivity index (χ0) is 17.3. The maximum absolute atomic E-state index is 6.23. The molecule has 0 unspecified atom stereocenters. The van der Waals surface area contributed by atoms with E-state index in [9.17, 15) is 0 Å². The van der Waals surface area contributed by atoms with Crippen LogP contribution in [0.15, 0.2) is 4.52 Å². The Balaban J connectivity index is 1.41. The van der Waals surface area contributed by atoms with Gasteiger partial charge in [0.2, 0.25) is 0 Å². The van der Waals surface area contributed by atoms with Crippen molar-refractivity contribution < 1.29 is 14.0 Å². The van der Waals surface area contributed by atoms with Gasteiger partial charge >= 0.3 is 0 Å². The molecular formula is C20H32N2O3. The molecule has 1 aromatic heterocycles. The minimum Gasteiger partial charge on any atom is -0.380 e. The van der Waals surface area contributed by atoms with E-state index in [0.29, 0.717) is 6.10 Å². The van der Waals surface area contributed by atoms with Gasteiger partial charge in [-0.1, -0.05) is 11.6 Å². The van der Waals surface area contributed by atoms with Crippen LogP contribution in [-0.4, -0.2) is 49.1 Å². The highest BCUT2D eigenvalue weighted by atomic mass is 16.5. The highest BCUT2D eigenvalue weighted by Gasteiger charge is 2.46. The van der Waals surface area contributed by atoms with Gasteiger partial charge < -0.3 is 14.0 Å². The molecule has 5 heteroatoms. The molecule has 1 saturated carbocycles. The molecule has 0 amide bonds. The zero-order valence-electron chi connectivity index (χ0n) is 15.8. The molecular weight excluding hydrogens is 316 g/mol. The lowest BCUT2D eigenvalue weighted by molar-refractivity contribution is -0.157. The van der Waals surface area contributed by atoms with Crippen LogP contribution in [0.1, 0.15) is 55.5 Å². The Morgan fingerprint density at radius 3 is 2.84 bits per heavy atom. The van der Waals surface area contributed by atoms with Crippen molar-refractivity contribution in [2.75, 3.05) is 32.9 Å². The minimum atomic E-state index is 0.166. The van der Waals surface area contributed by atoms with Gasteiger partial charge in [0, 0.05) is 43.8 Å². The lowest BCUT2D eigenvalue weighted by Gasteiger charge is -2.50. The fourth-order valence-corrected chi connectivity index (χ4v) is 4.77. The number of rotatable bonds is 6. The summed E-state index contributed by atoms with van der Waals surface area (Å²) >= 11 is 0. The standard InChI is InChI=1S/C20H32N2O3/c1-15-18(16(2)25-21-15)11-22-9-7-19-20(13-22,8-4-10-24-19)14-23-12-17-5-3-6-17/h17,19H,3-14H2,1-2H3/t19-,20+/m1/s1. The number of likely N-dealkylation sites (tertiary alicyclic amines) is 1. The molecule has 2 atom stereocenters. The fourth-order valence-electron chi connectivity index (χ4n) is 4.77. The molecule has 2 aliphatic heterocycles. The van der Waals surface area contributed by atoms with Crippen LogP contribution in [0.2, 0.25) is 0 Å². The van der Waals surface area contributed by atoms with Crippen molar-refractivity contribution in [2.24, 2.45) is 11.3 Å². The van der Waals surface area contributed by atoms with Gasteiger partial charge in [-0.15, -0.1) is 0 Å². The predicted octanol–water partition coefficient (Wildman–Crippen LogP) is 3.48. The normalized spacial score (nSPS) is 30.9. The molecule has 5 nitrogen and oxygen atoms in total. The maximum Gasteiger partial charge on any atom is 0.138 e. The van der Waals surface area contributed by atoms with Crippen LogP contribution in [-0.2, 0) is 16.0 Å². The monoisotopic (exact) mass is 348 g/mol. The van der Waals surface area contributed by atoms with Crippen molar-refractivity contribution in [1.82, 2.24) is 10.1 Å². The SMILES string of the molecule is Cc1noc(C)c1CN1CC[C@H]2OCCC[C@@]2(COCC2CCC2)C1. The Labute approximate surface area is 151 Å². The number of aromatic nitrogens is 1. The first kappa shape index (κ1) is 17.5. The smallest absolute Gasteiger partial charge is 0.138 e. The molecule has 2 saturated heterocycles. The number of nitrogens with zero attached hydrogens (tertiary/aromatic N) is 2. The number of fused-ring (bicyclic) bond motifs is 1. The molecule has 0 aromatic carbocycles. The first-order chi connectivity index (χ1) is 12.2. The highest BCUT2D eigenvalue weighted by Crippen LogP contribution is 2.41. The van der Waals surface area contributed by atoms with Gasteiger partial charge in [-0.3, -0.25) is 4.90 Å². The summed E-state index contributed by atoms with van der Waals surface area (Å²) in [5.41, 5.74) is 2.44. The van der Waals surface area contributed by atoms with E-state index in [2.05, 4.69) is 10.1 Å². The van der Waals surface area contributed by atoms with Gasteiger partial charge in [-0.2, -0.15) is 0 Å². The Kier molecular flexibility index (Phi) is 5.16. The highest BCUT2D eigenvalue weighted by molar-refractivity contribution is 5.20. The van der Waals surface area contributed by atoms with E-state index in [1.807, 2.05) is 13.8 Å². The molecule has 0 bridgehead atoms. The molecule has 0 radical (unpaired) electrons. The van der Waals surface area contributed by atoms with Crippen molar-refractivity contribution in [1.29, 1.82) is 0 Å². The zero-order valence-corrected chi connectivity index (χ0v) is 15.8. The van der Waals surface area contributed by atoms with E-state index >= 15 is 0 Å². The summed E-state index contributed by atoms with van der Waals surface area (Å²) in [6, 6.07) is 0. The predicted molar refractivity (Wildman–Crippen MR) is 95.4 cm³/mol. The number of piperidine rings is 1. The van der Waals surface area contributed by atoms with Crippen molar-refractivity contribution in [3.8, 4) is 0 Å². The van der Waals surface area contributed by atoms with E-state index in [1.54, 1.807) is 0 Å². The van der Waals surface area contributed by atoms with E-state index < -0.39 is 0 Å². The minimum absolute atomic E-state index is 0.166. The lowest BCUT2D eigenvalue weighted by atomic mass is 9.73. The lowest BCUT2D eigenvalue weighted by Crippen LogP contribution is -2.56.